The minimum atomic E-state index is -0.357. The molecule has 0 saturated carbocycles. The maximum atomic E-state index is 11.1. The van der Waals surface area contributed by atoms with Crippen molar-refractivity contribution in [3.8, 4) is 12.3 Å². The van der Waals surface area contributed by atoms with E-state index in [0.717, 1.165) is 10.5 Å². The number of hydrogen-bond acceptors (Lipinski definition) is 2. The largest absolute Gasteiger partial charge is 0.369 e. The van der Waals surface area contributed by atoms with Crippen LogP contribution in [0.25, 0.3) is 0 Å². The first-order chi connectivity index (χ1) is 7.15. The van der Waals surface area contributed by atoms with Crippen LogP contribution in [0.15, 0.2) is 29.2 Å². The zero-order chi connectivity index (χ0) is 11.3. The third kappa shape index (κ3) is 3.34. The Morgan fingerprint density at radius 2 is 2.20 bits per heavy atom. The number of carbonyl (C=O) groups excluding carboxylic acids is 1. The van der Waals surface area contributed by atoms with Gasteiger partial charge in [0.15, 0.2) is 0 Å². The Kier molecular flexibility index (Phi) is 4.26. The van der Waals surface area contributed by atoms with E-state index in [4.69, 9.17) is 12.2 Å². The lowest BCUT2D eigenvalue weighted by Gasteiger charge is -2.11. The average molecular weight is 219 g/mol. The number of benzene rings is 1. The van der Waals surface area contributed by atoms with E-state index in [-0.39, 0.29) is 11.8 Å². The molecule has 0 spiro atoms. The molecule has 0 aliphatic rings. The molecule has 2 nitrogen and oxygen atoms in total. The van der Waals surface area contributed by atoms with Crippen molar-refractivity contribution in [2.75, 3.05) is 0 Å². The second-order valence-corrected chi connectivity index (χ2v) is 3.82. The van der Waals surface area contributed by atoms with Gasteiger partial charge in [0.2, 0.25) is 5.91 Å². The summed E-state index contributed by atoms with van der Waals surface area (Å²) in [7, 11) is 0. The van der Waals surface area contributed by atoms with E-state index in [9.17, 15) is 4.79 Å². The Labute approximate surface area is 95.3 Å². The third-order valence-electron chi connectivity index (χ3n) is 2.22. The monoisotopic (exact) mass is 219 g/mol. The Morgan fingerprint density at radius 1 is 1.53 bits per heavy atom. The molecule has 1 aromatic carbocycles. The second kappa shape index (κ2) is 5.47. The quantitative estimate of drug-likeness (QED) is 0.587. The molecular weight excluding hydrogens is 206 g/mol. The molecule has 0 saturated heterocycles. The standard InChI is InChI=1S/C12H13NOS/c1-2-5-10(12(13)14)8-9-6-3-4-7-11(9)15/h1,3-4,6-7,10,15H,5,8H2,(H2,13,14). The number of carbonyl (C=O) groups is 1. The molecule has 1 rings (SSSR count). The molecule has 2 N–H and O–H groups in total. The van der Waals surface area contributed by atoms with Crippen LogP contribution in [0, 0.1) is 18.3 Å². The van der Waals surface area contributed by atoms with Crippen molar-refractivity contribution >= 4 is 18.5 Å². The van der Waals surface area contributed by atoms with Crippen LogP contribution in [0.5, 0.6) is 0 Å². The van der Waals surface area contributed by atoms with Crippen LogP contribution in [0.3, 0.4) is 0 Å². The van der Waals surface area contributed by atoms with Crippen LogP contribution in [-0.4, -0.2) is 5.91 Å². The van der Waals surface area contributed by atoms with Crippen LogP contribution in [0.1, 0.15) is 12.0 Å². The van der Waals surface area contributed by atoms with Gasteiger partial charge in [0.1, 0.15) is 0 Å². The summed E-state index contributed by atoms with van der Waals surface area (Å²) in [5, 5.41) is 0. The summed E-state index contributed by atoms with van der Waals surface area (Å²) in [6.07, 6.45) is 6.11. The Hall–Kier alpha value is -1.40. The lowest BCUT2D eigenvalue weighted by Crippen LogP contribution is -2.24. The Balaban J connectivity index is 2.79. The van der Waals surface area contributed by atoms with Crippen LogP contribution < -0.4 is 5.73 Å². The number of primary amides is 1. The number of amides is 1. The number of terminal acetylenes is 1. The summed E-state index contributed by atoms with van der Waals surface area (Å²) >= 11 is 4.31. The number of hydrogen-bond donors (Lipinski definition) is 2. The fraction of sp³-hybridized carbons (Fsp3) is 0.250. The van der Waals surface area contributed by atoms with E-state index >= 15 is 0 Å². The maximum absolute atomic E-state index is 11.1. The summed E-state index contributed by atoms with van der Waals surface area (Å²) in [5.74, 6) is 1.80. The van der Waals surface area contributed by atoms with Crippen LogP contribution in [0.4, 0.5) is 0 Å². The molecule has 0 fully saturated rings. The molecule has 1 amide bonds. The van der Waals surface area contributed by atoms with E-state index in [0.29, 0.717) is 12.8 Å². The van der Waals surface area contributed by atoms with Crippen molar-refractivity contribution in [1.29, 1.82) is 0 Å². The molecule has 0 heterocycles. The lowest BCUT2D eigenvalue weighted by atomic mass is 9.96. The van der Waals surface area contributed by atoms with E-state index in [1.54, 1.807) is 0 Å². The molecule has 1 unspecified atom stereocenters. The topological polar surface area (TPSA) is 43.1 Å². The first-order valence-corrected chi connectivity index (χ1v) is 5.09. The van der Waals surface area contributed by atoms with Crippen molar-refractivity contribution < 1.29 is 4.79 Å². The van der Waals surface area contributed by atoms with Crippen molar-refractivity contribution in [1.82, 2.24) is 0 Å². The number of thiol groups is 1. The zero-order valence-electron chi connectivity index (χ0n) is 8.31. The highest BCUT2D eigenvalue weighted by molar-refractivity contribution is 7.80. The van der Waals surface area contributed by atoms with Gasteiger partial charge in [0.05, 0.1) is 5.92 Å². The zero-order valence-corrected chi connectivity index (χ0v) is 9.21. The molecule has 0 bridgehead atoms. The van der Waals surface area contributed by atoms with Gasteiger partial charge >= 0.3 is 0 Å². The minimum Gasteiger partial charge on any atom is -0.369 e. The highest BCUT2D eigenvalue weighted by atomic mass is 32.1. The fourth-order valence-electron chi connectivity index (χ4n) is 1.36. The Morgan fingerprint density at radius 3 is 2.73 bits per heavy atom. The van der Waals surface area contributed by atoms with E-state index < -0.39 is 0 Å². The van der Waals surface area contributed by atoms with Gasteiger partial charge < -0.3 is 5.73 Å². The van der Waals surface area contributed by atoms with Gasteiger partial charge in [-0.1, -0.05) is 18.2 Å². The highest BCUT2D eigenvalue weighted by Gasteiger charge is 2.15. The van der Waals surface area contributed by atoms with Gasteiger partial charge in [0, 0.05) is 11.3 Å². The smallest absolute Gasteiger partial charge is 0.221 e. The van der Waals surface area contributed by atoms with Crippen LogP contribution in [0.2, 0.25) is 0 Å². The van der Waals surface area contributed by atoms with Crippen LogP contribution in [-0.2, 0) is 11.2 Å². The van der Waals surface area contributed by atoms with Gasteiger partial charge in [-0.05, 0) is 18.1 Å². The lowest BCUT2D eigenvalue weighted by molar-refractivity contribution is -0.121. The summed E-state index contributed by atoms with van der Waals surface area (Å²) in [4.78, 5) is 12.0. The van der Waals surface area contributed by atoms with Crippen LogP contribution >= 0.6 is 12.6 Å². The second-order valence-electron chi connectivity index (χ2n) is 3.34. The molecule has 1 aromatic rings. The molecule has 1 atom stereocenters. The van der Waals surface area contributed by atoms with E-state index in [2.05, 4.69) is 18.5 Å². The average Bonchev–Trinajstić information content (AvgIpc) is 2.20. The van der Waals surface area contributed by atoms with Crippen molar-refractivity contribution in [3.05, 3.63) is 29.8 Å². The van der Waals surface area contributed by atoms with Gasteiger partial charge in [-0.2, -0.15) is 0 Å². The maximum Gasteiger partial charge on any atom is 0.221 e. The molecule has 0 radical (unpaired) electrons. The summed E-state index contributed by atoms with van der Waals surface area (Å²) in [5.41, 5.74) is 6.26. The SMILES string of the molecule is C#CCC(Cc1ccccc1S)C(N)=O. The normalized spacial score (nSPS) is 11.7. The highest BCUT2D eigenvalue weighted by Crippen LogP contribution is 2.18. The van der Waals surface area contributed by atoms with E-state index in [1.807, 2.05) is 24.3 Å². The summed E-state index contributed by atoms with van der Waals surface area (Å²) < 4.78 is 0. The first-order valence-electron chi connectivity index (χ1n) is 4.64. The summed E-state index contributed by atoms with van der Waals surface area (Å²) in [6.45, 7) is 0. The molecule has 0 aromatic heterocycles. The summed E-state index contributed by atoms with van der Waals surface area (Å²) in [6, 6.07) is 7.61. The molecule has 3 heteroatoms. The number of rotatable bonds is 4. The molecular formula is C12H13NOS. The predicted octanol–water partition coefficient (Wildman–Crippen LogP) is 1.64. The molecule has 0 aliphatic heterocycles. The van der Waals surface area contributed by atoms with Crippen molar-refractivity contribution in [2.24, 2.45) is 11.7 Å². The number of nitrogens with two attached hydrogens (primary N) is 1. The van der Waals surface area contributed by atoms with Gasteiger partial charge in [0.25, 0.3) is 0 Å². The van der Waals surface area contributed by atoms with Gasteiger partial charge in [-0.25, -0.2) is 0 Å². The first kappa shape index (κ1) is 11.7. The predicted molar refractivity (Wildman–Crippen MR) is 63.5 cm³/mol. The van der Waals surface area contributed by atoms with Crippen molar-refractivity contribution in [3.63, 3.8) is 0 Å². The van der Waals surface area contributed by atoms with Gasteiger partial charge in [-0.3, -0.25) is 4.79 Å². The minimum absolute atomic E-state index is 0.303. The van der Waals surface area contributed by atoms with Gasteiger partial charge in [-0.15, -0.1) is 25.0 Å². The van der Waals surface area contributed by atoms with Crippen molar-refractivity contribution in [2.45, 2.75) is 17.7 Å². The Bertz CT molecular complexity index is 395. The third-order valence-corrected chi connectivity index (χ3v) is 2.66. The fourth-order valence-corrected chi connectivity index (χ4v) is 1.62. The molecule has 78 valence electrons. The molecule has 15 heavy (non-hydrogen) atoms. The molecule has 0 aliphatic carbocycles. The van der Waals surface area contributed by atoms with E-state index in [1.165, 1.54) is 0 Å².